The third kappa shape index (κ3) is 2.07. The lowest BCUT2D eigenvalue weighted by molar-refractivity contribution is -0.122. The van der Waals surface area contributed by atoms with E-state index in [2.05, 4.69) is 15.9 Å². The SMILES string of the molecule is O=C1N(CCC2CC2)c2cccc(Br)c2C12COc1cc3c(cc12)OCO3. The van der Waals surface area contributed by atoms with Gasteiger partial charge in [-0.05, 0) is 30.5 Å². The molecule has 1 atom stereocenters. The van der Waals surface area contributed by atoms with Crippen LogP contribution in [-0.2, 0) is 10.2 Å². The summed E-state index contributed by atoms with van der Waals surface area (Å²) >= 11 is 3.70. The molecule has 6 rings (SSSR count). The number of ether oxygens (including phenoxy) is 3. The Balaban J connectivity index is 1.53. The molecule has 3 heterocycles. The summed E-state index contributed by atoms with van der Waals surface area (Å²) in [6, 6.07) is 9.82. The van der Waals surface area contributed by atoms with E-state index in [9.17, 15) is 4.79 Å². The van der Waals surface area contributed by atoms with E-state index < -0.39 is 5.41 Å². The van der Waals surface area contributed by atoms with Gasteiger partial charge in [0.15, 0.2) is 11.5 Å². The lowest BCUT2D eigenvalue weighted by Crippen LogP contribution is -2.43. The molecule has 138 valence electrons. The van der Waals surface area contributed by atoms with Gasteiger partial charge in [0, 0.05) is 33.9 Å². The Kier molecular flexibility index (Phi) is 3.17. The van der Waals surface area contributed by atoms with Crippen LogP contribution in [0.3, 0.4) is 0 Å². The summed E-state index contributed by atoms with van der Waals surface area (Å²) in [6.07, 6.45) is 3.63. The highest BCUT2D eigenvalue weighted by Gasteiger charge is 2.58. The van der Waals surface area contributed by atoms with Crippen LogP contribution in [0.1, 0.15) is 30.4 Å². The van der Waals surface area contributed by atoms with Gasteiger partial charge in [-0.1, -0.05) is 34.8 Å². The summed E-state index contributed by atoms with van der Waals surface area (Å²) in [5.74, 6) is 2.93. The average molecular weight is 428 g/mol. The van der Waals surface area contributed by atoms with Crippen molar-refractivity contribution in [3.8, 4) is 17.2 Å². The maximum absolute atomic E-state index is 13.8. The molecule has 0 saturated heterocycles. The minimum Gasteiger partial charge on any atom is -0.491 e. The van der Waals surface area contributed by atoms with Crippen LogP contribution in [0, 0.1) is 5.92 Å². The summed E-state index contributed by atoms with van der Waals surface area (Å²) < 4.78 is 18.0. The van der Waals surface area contributed by atoms with Gasteiger partial charge in [-0.15, -0.1) is 0 Å². The zero-order valence-electron chi connectivity index (χ0n) is 14.7. The molecule has 4 aliphatic rings. The van der Waals surface area contributed by atoms with Crippen molar-refractivity contribution in [2.24, 2.45) is 5.92 Å². The fraction of sp³-hybridized carbons (Fsp3) is 0.381. The quantitative estimate of drug-likeness (QED) is 0.742. The van der Waals surface area contributed by atoms with Gasteiger partial charge in [-0.3, -0.25) is 4.79 Å². The first-order valence-corrected chi connectivity index (χ1v) is 10.2. The van der Waals surface area contributed by atoms with E-state index in [1.807, 2.05) is 35.2 Å². The van der Waals surface area contributed by atoms with Gasteiger partial charge in [-0.25, -0.2) is 0 Å². The summed E-state index contributed by atoms with van der Waals surface area (Å²) in [4.78, 5) is 15.7. The van der Waals surface area contributed by atoms with Crippen LogP contribution < -0.4 is 19.1 Å². The zero-order valence-corrected chi connectivity index (χ0v) is 16.3. The van der Waals surface area contributed by atoms with Crippen LogP contribution in [0.4, 0.5) is 5.69 Å². The third-order valence-electron chi connectivity index (χ3n) is 6.16. The molecule has 0 aromatic heterocycles. The Morgan fingerprint density at radius 3 is 2.74 bits per heavy atom. The number of rotatable bonds is 3. The minimum atomic E-state index is -0.824. The number of fused-ring (bicyclic) bond motifs is 5. The second-order valence-corrected chi connectivity index (χ2v) is 8.57. The van der Waals surface area contributed by atoms with Gasteiger partial charge in [0.1, 0.15) is 17.8 Å². The first-order valence-electron chi connectivity index (χ1n) is 9.36. The molecule has 0 bridgehead atoms. The fourth-order valence-electron chi connectivity index (χ4n) is 4.57. The predicted molar refractivity (Wildman–Crippen MR) is 103 cm³/mol. The van der Waals surface area contributed by atoms with E-state index in [0.29, 0.717) is 23.9 Å². The second-order valence-electron chi connectivity index (χ2n) is 7.72. The van der Waals surface area contributed by atoms with E-state index in [-0.39, 0.29) is 12.7 Å². The van der Waals surface area contributed by atoms with Crippen molar-refractivity contribution in [2.45, 2.75) is 24.7 Å². The summed E-state index contributed by atoms with van der Waals surface area (Å²) in [6.45, 7) is 1.27. The minimum absolute atomic E-state index is 0.0997. The average Bonchev–Trinajstić information content (AvgIpc) is 3.17. The Morgan fingerprint density at radius 2 is 1.93 bits per heavy atom. The van der Waals surface area contributed by atoms with Gasteiger partial charge < -0.3 is 19.1 Å². The number of hydrogen-bond acceptors (Lipinski definition) is 4. The van der Waals surface area contributed by atoms with E-state index in [1.54, 1.807) is 0 Å². The fourth-order valence-corrected chi connectivity index (χ4v) is 5.27. The molecule has 1 spiro atoms. The molecule has 3 aliphatic heterocycles. The molecular weight excluding hydrogens is 410 g/mol. The number of halogens is 1. The van der Waals surface area contributed by atoms with Gasteiger partial charge in [0.05, 0.1) is 0 Å². The summed E-state index contributed by atoms with van der Waals surface area (Å²) in [5.41, 5.74) is 2.04. The van der Waals surface area contributed by atoms with Crippen LogP contribution in [0.2, 0.25) is 0 Å². The normalized spacial score (nSPS) is 24.3. The van der Waals surface area contributed by atoms with Crippen molar-refractivity contribution in [1.29, 1.82) is 0 Å². The van der Waals surface area contributed by atoms with Crippen molar-refractivity contribution in [2.75, 3.05) is 24.8 Å². The highest BCUT2D eigenvalue weighted by molar-refractivity contribution is 9.10. The number of anilines is 1. The Hall–Kier alpha value is -2.21. The van der Waals surface area contributed by atoms with E-state index in [4.69, 9.17) is 14.2 Å². The molecule has 1 fully saturated rings. The number of hydrogen-bond donors (Lipinski definition) is 0. The lowest BCUT2D eigenvalue weighted by atomic mass is 9.77. The van der Waals surface area contributed by atoms with Crippen molar-refractivity contribution in [1.82, 2.24) is 0 Å². The highest BCUT2D eigenvalue weighted by atomic mass is 79.9. The monoisotopic (exact) mass is 427 g/mol. The summed E-state index contributed by atoms with van der Waals surface area (Å²) in [5, 5.41) is 0. The zero-order chi connectivity index (χ0) is 18.2. The van der Waals surface area contributed by atoms with E-state index in [1.165, 1.54) is 12.8 Å². The largest absolute Gasteiger partial charge is 0.491 e. The van der Waals surface area contributed by atoms with Crippen LogP contribution in [0.15, 0.2) is 34.8 Å². The van der Waals surface area contributed by atoms with Crippen molar-refractivity contribution < 1.29 is 19.0 Å². The topological polar surface area (TPSA) is 48.0 Å². The molecule has 1 unspecified atom stereocenters. The molecule has 0 N–H and O–H groups in total. The molecule has 2 aromatic carbocycles. The van der Waals surface area contributed by atoms with Crippen LogP contribution in [0.5, 0.6) is 17.2 Å². The molecule has 1 aliphatic carbocycles. The summed E-state index contributed by atoms with van der Waals surface area (Å²) in [7, 11) is 0. The van der Waals surface area contributed by atoms with Gasteiger partial charge in [-0.2, -0.15) is 0 Å². The first kappa shape index (κ1) is 15.8. The third-order valence-corrected chi connectivity index (χ3v) is 6.82. The molecule has 2 aromatic rings. The number of amides is 1. The Bertz CT molecular complexity index is 986. The van der Waals surface area contributed by atoms with Crippen molar-refractivity contribution >= 4 is 27.5 Å². The van der Waals surface area contributed by atoms with Crippen molar-refractivity contribution in [3.05, 3.63) is 45.9 Å². The molecule has 1 saturated carbocycles. The van der Waals surface area contributed by atoms with Gasteiger partial charge in [0.25, 0.3) is 0 Å². The highest BCUT2D eigenvalue weighted by Crippen LogP contribution is 2.56. The Morgan fingerprint density at radius 1 is 1.11 bits per heavy atom. The smallest absolute Gasteiger partial charge is 0.245 e. The molecule has 1 amide bonds. The maximum Gasteiger partial charge on any atom is 0.245 e. The number of benzene rings is 2. The van der Waals surface area contributed by atoms with Gasteiger partial charge in [0.2, 0.25) is 12.7 Å². The van der Waals surface area contributed by atoms with E-state index in [0.717, 1.165) is 40.2 Å². The number of carbonyl (C=O) groups is 1. The van der Waals surface area contributed by atoms with Gasteiger partial charge >= 0.3 is 0 Å². The molecule has 27 heavy (non-hydrogen) atoms. The standard InChI is InChI=1S/C21H18BrNO4/c22-14-2-1-3-15-19(14)21(20(24)23(15)7-6-12-4-5-12)10-25-16-9-18-17(8-13(16)21)26-11-27-18/h1-3,8-9,12H,4-7,10-11H2. The molecule has 5 nitrogen and oxygen atoms in total. The molecular formula is C21H18BrNO4. The van der Waals surface area contributed by atoms with Crippen LogP contribution in [-0.4, -0.2) is 25.9 Å². The molecule has 6 heteroatoms. The predicted octanol–water partition coefficient (Wildman–Crippen LogP) is 4.00. The van der Waals surface area contributed by atoms with Crippen LogP contribution in [0.25, 0.3) is 0 Å². The Labute approximate surface area is 165 Å². The van der Waals surface area contributed by atoms with Crippen molar-refractivity contribution in [3.63, 3.8) is 0 Å². The number of nitrogens with zero attached hydrogens (tertiary/aromatic N) is 1. The van der Waals surface area contributed by atoms with E-state index >= 15 is 0 Å². The first-order chi connectivity index (χ1) is 13.2. The van der Waals surface area contributed by atoms with Crippen LogP contribution >= 0.6 is 15.9 Å². The molecule has 0 radical (unpaired) electrons. The lowest BCUT2D eigenvalue weighted by Gasteiger charge is -2.23. The number of carbonyl (C=O) groups excluding carboxylic acids is 1. The maximum atomic E-state index is 13.8. The second kappa shape index (κ2) is 5.41.